The Morgan fingerprint density at radius 3 is 2.31 bits per heavy atom. The van der Waals surface area contributed by atoms with Crippen LogP contribution in [0.4, 0.5) is 11.4 Å². The summed E-state index contributed by atoms with van der Waals surface area (Å²) in [6.45, 7) is 17.6. The standard InChI is InChI=1S/C48H54N8O6/c1-46(2)44(47(3,4)45(46)62-37-15-8-30(25-49)40-35(37)13-16-38(57)50-40)52-41(59)29-6-9-32(10-7-29)54-22-20-53(21-23-54)27-48(5)18-19-55(28-48)33-11-12-34-31(24-33)26-56(43(34)61)36-14-17-39(58)51-42(36)60/h6-13,15-16,24,36,44-45H,14,17-23,26-28H2,1-5H3,(H,50,57)(H,52,59)(H,51,58,60). The van der Waals surface area contributed by atoms with Crippen molar-refractivity contribution in [2.75, 3.05) is 55.6 Å². The molecule has 0 spiro atoms. The molecule has 9 rings (SSSR count). The zero-order valence-corrected chi connectivity index (χ0v) is 36.0. The van der Waals surface area contributed by atoms with E-state index in [9.17, 15) is 29.2 Å². The van der Waals surface area contributed by atoms with Gasteiger partial charge in [-0.05, 0) is 84.5 Å². The first-order valence-corrected chi connectivity index (χ1v) is 21.7. The molecule has 322 valence electrons. The molecule has 3 saturated heterocycles. The summed E-state index contributed by atoms with van der Waals surface area (Å²) < 4.78 is 6.63. The van der Waals surface area contributed by atoms with Gasteiger partial charge in [0.05, 0.1) is 11.1 Å². The molecule has 4 aromatic rings. The second-order valence-electron chi connectivity index (χ2n) is 19.4. The maximum atomic E-state index is 13.7. The van der Waals surface area contributed by atoms with Crippen molar-refractivity contribution in [2.24, 2.45) is 16.2 Å². The topological polar surface area (TPSA) is 171 Å². The summed E-state index contributed by atoms with van der Waals surface area (Å²) in [7, 11) is 0. The highest BCUT2D eigenvalue weighted by Crippen LogP contribution is 2.56. The molecule has 4 fully saturated rings. The molecule has 0 bridgehead atoms. The van der Waals surface area contributed by atoms with Gasteiger partial charge in [0.15, 0.2) is 0 Å². The van der Waals surface area contributed by atoms with E-state index >= 15 is 0 Å². The van der Waals surface area contributed by atoms with Crippen LogP contribution in [-0.2, 0) is 16.1 Å². The number of ether oxygens (including phenoxy) is 1. The number of hydrogen-bond acceptors (Lipinski definition) is 10. The number of aromatic amines is 1. The lowest BCUT2D eigenvalue weighted by Gasteiger charge is -2.63. The number of nitrogens with one attached hydrogen (secondary N) is 3. The number of anilines is 2. The fourth-order valence-electron chi connectivity index (χ4n) is 11.2. The lowest BCUT2D eigenvalue weighted by molar-refractivity contribution is -0.163. The van der Waals surface area contributed by atoms with Crippen molar-refractivity contribution in [3.63, 3.8) is 0 Å². The molecular weight excluding hydrogens is 785 g/mol. The van der Waals surface area contributed by atoms with Gasteiger partial charge in [-0.1, -0.05) is 34.6 Å². The first-order chi connectivity index (χ1) is 29.5. The van der Waals surface area contributed by atoms with Crippen molar-refractivity contribution in [3.05, 3.63) is 99.3 Å². The molecule has 1 aromatic heterocycles. The fourth-order valence-corrected chi connectivity index (χ4v) is 11.2. The number of fused-ring (bicyclic) bond motifs is 2. The number of piperazine rings is 1. The number of nitrogens with zero attached hydrogens (tertiary/aromatic N) is 5. The van der Waals surface area contributed by atoms with Gasteiger partial charge in [0.2, 0.25) is 17.4 Å². The van der Waals surface area contributed by atoms with Crippen LogP contribution in [0.25, 0.3) is 10.9 Å². The highest BCUT2D eigenvalue weighted by Gasteiger charge is 2.64. The molecule has 2 atom stereocenters. The van der Waals surface area contributed by atoms with Crippen LogP contribution in [0.3, 0.4) is 0 Å². The minimum atomic E-state index is -0.617. The summed E-state index contributed by atoms with van der Waals surface area (Å²) in [5.41, 5.74) is 4.18. The van der Waals surface area contributed by atoms with Crippen molar-refractivity contribution in [1.82, 2.24) is 25.4 Å². The lowest BCUT2D eigenvalue weighted by atomic mass is 9.49. The van der Waals surface area contributed by atoms with Crippen LogP contribution >= 0.6 is 0 Å². The van der Waals surface area contributed by atoms with E-state index in [1.165, 1.54) is 6.07 Å². The maximum Gasteiger partial charge on any atom is 0.255 e. The first kappa shape index (κ1) is 41.2. The van der Waals surface area contributed by atoms with Crippen molar-refractivity contribution < 1.29 is 23.9 Å². The summed E-state index contributed by atoms with van der Waals surface area (Å²) in [4.78, 5) is 74.9. The quantitative estimate of drug-likeness (QED) is 0.199. The van der Waals surface area contributed by atoms with E-state index in [1.807, 2.05) is 36.4 Å². The third kappa shape index (κ3) is 7.25. The summed E-state index contributed by atoms with van der Waals surface area (Å²) in [6, 6.07) is 21.8. The number of nitriles is 1. The van der Waals surface area contributed by atoms with Crippen LogP contribution in [0.15, 0.2) is 71.5 Å². The van der Waals surface area contributed by atoms with Gasteiger partial charge in [0, 0.05) is 110 Å². The number of benzene rings is 3. The normalized spacial score (nSPS) is 25.6. The molecule has 5 aliphatic rings. The minimum absolute atomic E-state index is 0.111. The number of pyridine rings is 1. The molecule has 5 heterocycles. The Kier molecular flexibility index (Phi) is 10.2. The summed E-state index contributed by atoms with van der Waals surface area (Å²) in [5, 5.41) is 15.9. The van der Waals surface area contributed by atoms with Gasteiger partial charge in [-0.2, -0.15) is 5.26 Å². The molecule has 3 aromatic carbocycles. The van der Waals surface area contributed by atoms with Crippen LogP contribution in [0.2, 0.25) is 0 Å². The van der Waals surface area contributed by atoms with Crippen molar-refractivity contribution >= 4 is 45.9 Å². The number of imide groups is 1. The van der Waals surface area contributed by atoms with Crippen LogP contribution in [0, 0.1) is 27.6 Å². The van der Waals surface area contributed by atoms with E-state index in [0.717, 1.165) is 69.2 Å². The highest BCUT2D eigenvalue weighted by atomic mass is 16.5. The van der Waals surface area contributed by atoms with Crippen molar-refractivity contribution in [3.8, 4) is 11.8 Å². The van der Waals surface area contributed by atoms with E-state index in [-0.39, 0.29) is 47.3 Å². The lowest BCUT2D eigenvalue weighted by Crippen LogP contribution is -2.74. The second kappa shape index (κ2) is 15.3. The molecule has 62 heavy (non-hydrogen) atoms. The molecule has 4 amide bonds. The molecule has 3 N–H and O–H groups in total. The Bertz CT molecular complexity index is 2570. The number of H-pyrrole nitrogens is 1. The Labute approximate surface area is 361 Å². The van der Waals surface area contributed by atoms with Crippen molar-refractivity contribution in [1.29, 1.82) is 5.26 Å². The molecule has 1 saturated carbocycles. The zero-order chi connectivity index (χ0) is 43.7. The molecule has 0 radical (unpaired) electrons. The third-order valence-corrected chi connectivity index (χ3v) is 14.2. The number of carbonyl (C=O) groups excluding carboxylic acids is 4. The van der Waals surface area contributed by atoms with Gasteiger partial charge in [-0.25, -0.2) is 0 Å². The Balaban J connectivity index is 0.765. The van der Waals surface area contributed by atoms with E-state index in [4.69, 9.17) is 4.74 Å². The smallest absolute Gasteiger partial charge is 0.255 e. The number of rotatable bonds is 9. The predicted octanol–water partition coefficient (Wildman–Crippen LogP) is 4.81. The van der Waals surface area contributed by atoms with Crippen LogP contribution in [-0.4, -0.2) is 102 Å². The van der Waals surface area contributed by atoms with Gasteiger partial charge >= 0.3 is 0 Å². The number of amides is 4. The van der Waals surface area contributed by atoms with Crippen LogP contribution in [0.1, 0.15) is 85.7 Å². The molecule has 14 nitrogen and oxygen atoms in total. The Hall–Kier alpha value is -6.20. The maximum absolute atomic E-state index is 13.7. The number of hydrogen-bond donors (Lipinski definition) is 3. The molecular formula is C48H54N8O6. The average Bonchev–Trinajstić information content (AvgIpc) is 3.80. The van der Waals surface area contributed by atoms with E-state index in [0.29, 0.717) is 46.3 Å². The molecule has 14 heteroatoms. The van der Waals surface area contributed by atoms with Crippen LogP contribution in [0.5, 0.6) is 5.75 Å². The summed E-state index contributed by atoms with van der Waals surface area (Å²) >= 11 is 0. The van der Waals surface area contributed by atoms with Gasteiger partial charge < -0.3 is 29.7 Å². The van der Waals surface area contributed by atoms with E-state index < -0.39 is 22.8 Å². The predicted molar refractivity (Wildman–Crippen MR) is 235 cm³/mol. The van der Waals surface area contributed by atoms with E-state index in [2.05, 4.69) is 77.1 Å². The average molecular weight is 839 g/mol. The monoisotopic (exact) mass is 838 g/mol. The van der Waals surface area contributed by atoms with Gasteiger partial charge in [-0.15, -0.1) is 0 Å². The van der Waals surface area contributed by atoms with Gasteiger partial charge in [0.1, 0.15) is 24.0 Å². The fraction of sp³-hybridized carbons (Fsp3) is 0.458. The van der Waals surface area contributed by atoms with Gasteiger partial charge in [0.25, 0.3) is 11.8 Å². The summed E-state index contributed by atoms with van der Waals surface area (Å²) in [5.74, 6) is -0.377. The van der Waals surface area contributed by atoms with Gasteiger partial charge in [-0.3, -0.25) is 34.2 Å². The zero-order valence-electron chi connectivity index (χ0n) is 36.0. The Morgan fingerprint density at radius 1 is 0.871 bits per heavy atom. The number of aromatic nitrogens is 1. The molecule has 2 unspecified atom stereocenters. The van der Waals surface area contributed by atoms with Crippen LogP contribution < -0.4 is 30.7 Å². The SMILES string of the molecule is CC1(CN2CCN(c3ccc(C(=O)NC4C(C)(C)C(Oc5ccc(C#N)c6[nH]c(=O)ccc56)C4(C)C)cc3)CC2)CCN(c2ccc3c(c2)CN(C2CCC(=O)NC2=O)C3=O)C1. The second-order valence-corrected chi connectivity index (χ2v) is 19.4. The minimum Gasteiger partial charge on any atom is -0.488 e. The molecule has 4 aliphatic heterocycles. The third-order valence-electron chi connectivity index (χ3n) is 14.2. The summed E-state index contributed by atoms with van der Waals surface area (Å²) in [6.07, 6.45) is 1.41. The van der Waals surface area contributed by atoms with Crippen molar-refractivity contribution in [2.45, 2.75) is 78.6 Å². The number of piperidine rings is 1. The highest BCUT2D eigenvalue weighted by molar-refractivity contribution is 6.05. The molecule has 1 aliphatic carbocycles. The number of carbonyl (C=O) groups is 4. The van der Waals surface area contributed by atoms with E-state index in [1.54, 1.807) is 23.1 Å². The first-order valence-electron chi connectivity index (χ1n) is 21.7. The largest absolute Gasteiger partial charge is 0.488 e. The Morgan fingerprint density at radius 2 is 1.60 bits per heavy atom.